The first-order valence-electron chi connectivity index (χ1n) is 8.65. The Balaban J connectivity index is 1.54. The van der Waals surface area contributed by atoms with Crippen LogP contribution in [-0.2, 0) is 4.79 Å². The maximum absolute atomic E-state index is 12.1. The molecule has 0 fully saturated rings. The molecule has 0 aliphatic rings. The topological polar surface area (TPSA) is 79.4 Å². The zero-order chi connectivity index (χ0) is 20.8. The average molecular weight is 432 g/mol. The number of nitrogens with one attached hydrogen (secondary N) is 2. The van der Waals surface area contributed by atoms with Crippen LogP contribution >= 0.6 is 23.2 Å². The zero-order valence-corrected chi connectivity index (χ0v) is 17.3. The summed E-state index contributed by atoms with van der Waals surface area (Å²) in [6, 6.07) is 13.9. The molecule has 7 nitrogen and oxygen atoms in total. The van der Waals surface area contributed by atoms with Gasteiger partial charge >= 0.3 is 0 Å². The normalized spacial score (nSPS) is 10.3. The Morgan fingerprint density at radius 2 is 1.79 bits per heavy atom. The number of carbonyl (C=O) groups excluding carboxylic acids is 1. The summed E-state index contributed by atoms with van der Waals surface area (Å²) in [5.74, 6) is 0.717. The van der Waals surface area contributed by atoms with Gasteiger partial charge in [-0.25, -0.2) is 0 Å². The van der Waals surface area contributed by atoms with Crippen LogP contribution in [0.3, 0.4) is 0 Å². The lowest BCUT2D eigenvalue weighted by molar-refractivity contribution is -0.118. The highest BCUT2D eigenvalue weighted by atomic mass is 35.5. The zero-order valence-electron chi connectivity index (χ0n) is 15.8. The third-order valence-electron chi connectivity index (χ3n) is 3.85. The Morgan fingerprint density at radius 3 is 2.48 bits per heavy atom. The minimum Gasteiger partial charge on any atom is -0.482 e. The highest BCUT2D eigenvalue weighted by molar-refractivity contribution is 6.35. The second-order valence-corrected chi connectivity index (χ2v) is 7.15. The van der Waals surface area contributed by atoms with Gasteiger partial charge in [0.25, 0.3) is 5.91 Å². The first kappa shape index (κ1) is 20.7. The quantitative estimate of drug-likeness (QED) is 0.568. The number of benzene rings is 2. The van der Waals surface area contributed by atoms with E-state index in [0.717, 1.165) is 11.4 Å². The molecule has 3 aromatic rings. The third kappa shape index (κ3) is 5.97. The van der Waals surface area contributed by atoms with Gasteiger partial charge in [-0.05, 0) is 42.5 Å². The summed E-state index contributed by atoms with van der Waals surface area (Å²) in [5, 5.41) is 14.8. The first-order chi connectivity index (χ1) is 13.9. The number of amides is 1. The highest BCUT2D eigenvalue weighted by Gasteiger charge is 2.07. The fraction of sp³-hybridized carbons (Fsp3) is 0.150. The summed E-state index contributed by atoms with van der Waals surface area (Å²) in [7, 11) is 3.87. The van der Waals surface area contributed by atoms with E-state index in [1.165, 1.54) is 0 Å². The molecule has 0 saturated carbocycles. The van der Waals surface area contributed by atoms with Gasteiger partial charge in [0.05, 0.1) is 16.9 Å². The molecular formula is C20H19Cl2N5O2. The van der Waals surface area contributed by atoms with E-state index in [4.69, 9.17) is 27.9 Å². The summed E-state index contributed by atoms with van der Waals surface area (Å²) in [6.45, 7) is -0.172. The predicted molar refractivity (Wildman–Crippen MR) is 117 cm³/mol. The highest BCUT2D eigenvalue weighted by Crippen LogP contribution is 2.27. The molecule has 0 aliphatic carbocycles. The van der Waals surface area contributed by atoms with E-state index in [9.17, 15) is 4.79 Å². The van der Waals surface area contributed by atoms with Crippen molar-refractivity contribution >= 4 is 52.0 Å². The average Bonchev–Trinajstić information content (AvgIpc) is 2.69. The first-order valence-corrected chi connectivity index (χ1v) is 9.41. The van der Waals surface area contributed by atoms with Crippen molar-refractivity contribution in [2.45, 2.75) is 0 Å². The fourth-order valence-electron chi connectivity index (χ4n) is 2.38. The SMILES string of the molecule is CN(C)c1cnnc(Nc2ccc(NC(=O)COc3ccc(Cl)cc3Cl)cc2)c1. The number of nitrogens with zero attached hydrogens (tertiary/aromatic N) is 3. The minimum atomic E-state index is -0.304. The van der Waals surface area contributed by atoms with Crippen molar-refractivity contribution in [2.75, 3.05) is 36.2 Å². The van der Waals surface area contributed by atoms with Gasteiger partial charge < -0.3 is 20.3 Å². The fourth-order valence-corrected chi connectivity index (χ4v) is 2.84. The van der Waals surface area contributed by atoms with Crippen molar-refractivity contribution in [1.82, 2.24) is 10.2 Å². The van der Waals surface area contributed by atoms with Crippen LogP contribution in [0.1, 0.15) is 0 Å². The molecule has 29 heavy (non-hydrogen) atoms. The molecule has 0 aliphatic heterocycles. The largest absolute Gasteiger partial charge is 0.482 e. The lowest BCUT2D eigenvalue weighted by Gasteiger charge is -2.13. The maximum atomic E-state index is 12.1. The van der Waals surface area contributed by atoms with E-state index in [2.05, 4.69) is 20.8 Å². The van der Waals surface area contributed by atoms with Crippen molar-refractivity contribution in [3.05, 3.63) is 64.8 Å². The molecule has 1 aromatic heterocycles. The Bertz CT molecular complexity index is 996. The van der Waals surface area contributed by atoms with Gasteiger partial charge in [-0.3, -0.25) is 4.79 Å². The van der Waals surface area contributed by atoms with Crippen molar-refractivity contribution in [2.24, 2.45) is 0 Å². The Morgan fingerprint density at radius 1 is 1.07 bits per heavy atom. The lowest BCUT2D eigenvalue weighted by atomic mass is 10.2. The van der Waals surface area contributed by atoms with Crippen molar-refractivity contribution in [3.63, 3.8) is 0 Å². The van der Waals surface area contributed by atoms with E-state index in [1.54, 1.807) is 36.5 Å². The molecule has 0 unspecified atom stereocenters. The van der Waals surface area contributed by atoms with Crippen LogP contribution in [0.5, 0.6) is 5.75 Å². The smallest absolute Gasteiger partial charge is 0.262 e. The van der Waals surface area contributed by atoms with Crippen LogP contribution < -0.4 is 20.3 Å². The Labute approximate surface area is 178 Å². The number of anilines is 4. The summed E-state index contributed by atoms with van der Waals surface area (Å²) in [6.07, 6.45) is 1.68. The minimum absolute atomic E-state index is 0.172. The second-order valence-electron chi connectivity index (χ2n) is 6.31. The predicted octanol–water partition coefficient (Wildman–Crippen LogP) is 4.61. The molecule has 1 heterocycles. The molecule has 3 rings (SSSR count). The summed E-state index contributed by atoms with van der Waals surface area (Å²) < 4.78 is 5.42. The van der Waals surface area contributed by atoms with Crippen LogP contribution in [0.4, 0.5) is 22.9 Å². The molecule has 1 amide bonds. The number of hydrogen-bond donors (Lipinski definition) is 2. The molecule has 0 radical (unpaired) electrons. The molecule has 0 saturated heterocycles. The molecule has 2 aromatic carbocycles. The van der Waals surface area contributed by atoms with Gasteiger partial charge in [0.1, 0.15) is 5.75 Å². The van der Waals surface area contributed by atoms with Crippen LogP contribution in [0, 0.1) is 0 Å². The van der Waals surface area contributed by atoms with Crippen LogP contribution in [-0.4, -0.2) is 36.8 Å². The van der Waals surface area contributed by atoms with Crippen LogP contribution in [0.15, 0.2) is 54.7 Å². The second kappa shape index (κ2) is 9.45. The number of hydrogen-bond acceptors (Lipinski definition) is 6. The summed E-state index contributed by atoms with van der Waals surface area (Å²) in [4.78, 5) is 14.0. The number of ether oxygens (including phenoxy) is 1. The molecule has 150 valence electrons. The van der Waals surface area contributed by atoms with Gasteiger partial charge in [0, 0.05) is 36.6 Å². The molecule has 0 bridgehead atoms. The Hall–Kier alpha value is -3.03. The van der Waals surface area contributed by atoms with Crippen LogP contribution in [0.25, 0.3) is 0 Å². The molecule has 2 N–H and O–H groups in total. The Kier molecular flexibility index (Phi) is 6.74. The molecular weight excluding hydrogens is 413 g/mol. The van der Waals surface area contributed by atoms with Gasteiger partial charge in [0.2, 0.25) is 0 Å². The van der Waals surface area contributed by atoms with E-state index in [1.807, 2.05) is 37.2 Å². The third-order valence-corrected chi connectivity index (χ3v) is 4.38. The summed E-state index contributed by atoms with van der Waals surface area (Å²) >= 11 is 11.9. The molecule has 9 heteroatoms. The van der Waals surface area contributed by atoms with Gasteiger partial charge in [-0.15, -0.1) is 5.10 Å². The van der Waals surface area contributed by atoms with Gasteiger partial charge in [-0.1, -0.05) is 23.2 Å². The summed E-state index contributed by atoms with van der Waals surface area (Å²) in [5.41, 5.74) is 2.39. The number of rotatable bonds is 7. The van der Waals surface area contributed by atoms with E-state index >= 15 is 0 Å². The number of aromatic nitrogens is 2. The van der Waals surface area contributed by atoms with Gasteiger partial charge in [-0.2, -0.15) is 5.10 Å². The monoisotopic (exact) mass is 431 g/mol. The standard InChI is InChI=1S/C20H19Cl2N5O2/c1-27(2)16-10-19(26-23-11-16)24-14-4-6-15(7-5-14)25-20(28)12-29-18-8-3-13(21)9-17(18)22/h3-11H,12H2,1-2H3,(H,24,26)(H,25,28). The molecule has 0 spiro atoms. The number of carbonyl (C=O) groups is 1. The maximum Gasteiger partial charge on any atom is 0.262 e. The van der Waals surface area contributed by atoms with E-state index in [0.29, 0.717) is 27.3 Å². The number of halogens is 2. The lowest BCUT2D eigenvalue weighted by Crippen LogP contribution is -2.20. The van der Waals surface area contributed by atoms with Crippen molar-refractivity contribution in [3.8, 4) is 5.75 Å². The van der Waals surface area contributed by atoms with E-state index in [-0.39, 0.29) is 12.5 Å². The van der Waals surface area contributed by atoms with Crippen molar-refractivity contribution < 1.29 is 9.53 Å². The molecule has 0 atom stereocenters. The van der Waals surface area contributed by atoms with Gasteiger partial charge in [0.15, 0.2) is 12.4 Å². The van der Waals surface area contributed by atoms with Crippen molar-refractivity contribution in [1.29, 1.82) is 0 Å². The van der Waals surface area contributed by atoms with Crippen LogP contribution in [0.2, 0.25) is 10.0 Å². The van der Waals surface area contributed by atoms with E-state index < -0.39 is 0 Å².